The summed E-state index contributed by atoms with van der Waals surface area (Å²) in [4.78, 5) is 18.1. The lowest BCUT2D eigenvalue weighted by Gasteiger charge is -2.03. The van der Waals surface area contributed by atoms with Crippen LogP contribution < -0.4 is 5.32 Å². The Balaban J connectivity index is 1.90. The molecule has 134 valence electrons. The summed E-state index contributed by atoms with van der Waals surface area (Å²) in [5, 5.41) is 4.97. The summed E-state index contributed by atoms with van der Waals surface area (Å²) in [5.74, 6) is -0.223. The molecule has 1 amide bonds. The number of carbonyl (C=O) groups is 1. The van der Waals surface area contributed by atoms with Gasteiger partial charge in [0.1, 0.15) is 0 Å². The number of carbonyl (C=O) groups excluding carboxylic acids is 1. The molecule has 0 atom stereocenters. The number of nitrogens with one attached hydrogen (secondary N) is 1. The Labute approximate surface area is 170 Å². The van der Waals surface area contributed by atoms with Crippen molar-refractivity contribution in [2.45, 2.75) is 19.8 Å². The summed E-state index contributed by atoms with van der Waals surface area (Å²) >= 11 is 19.5. The molecule has 1 aromatic heterocycles. The number of aromatic nitrogens is 1. The first-order valence-corrected chi connectivity index (χ1v) is 9.95. The zero-order chi connectivity index (χ0) is 18.7. The Bertz CT molecular complexity index is 938. The first-order valence-electron chi connectivity index (χ1n) is 8.00. The molecule has 0 aliphatic carbocycles. The van der Waals surface area contributed by atoms with Crippen LogP contribution in [0.25, 0.3) is 11.3 Å². The van der Waals surface area contributed by atoms with Gasteiger partial charge in [-0.2, -0.15) is 0 Å². The smallest absolute Gasteiger partial charge is 0.257 e. The second kappa shape index (κ2) is 8.40. The van der Waals surface area contributed by atoms with Crippen molar-refractivity contribution in [2.24, 2.45) is 0 Å². The van der Waals surface area contributed by atoms with Crippen molar-refractivity contribution in [2.75, 3.05) is 5.32 Å². The summed E-state index contributed by atoms with van der Waals surface area (Å²) in [7, 11) is 0. The number of nitrogens with zero attached hydrogens (tertiary/aromatic N) is 1. The largest absolute Gasteiger partial charge is 0.298 e. The molecule has 3 aromatic rings. The predicted octanol–water partition coefficient (Wildman–Crippen LogP) is 6.98. The zero-order valence-corrected chi connectivity index (χ0v) is 16.9. The van der Waals surface area contributed by atoms with Gasteiger partial charge in [0.25, 0.3) is 5.91 Å². The molecule has 26 heavy (non-hydrogen) atoms. The Kier molecular flexibility index (Phi) is 6.20. The summed E-state index contributed by atoms with van der Waals surface area (Å²) in [6.45, 7) is 2.10. The highest BCUT2D eigenvalue weighted by Crippen LogP contribution is 2.35. The number of benzene rings is 2. The van der Waals surface area contributed by atoms with Gasteiger partial charge in [0.05, 0.1) is 15.7 Å². The van der Waals surface area contributed by atoms with Crippen LogP contribution in [0.1, 0.15) is 28.6 Å². The monoisotopic (exact) mass is 424 g/mol. The molecule has 0 spiro atoms. The highest BCUT2D eigenvalue weighted by atomic mass is 35.5. The average molecular weight is 426 g/mol. The molecule has 0 aliphatic rings. The molecule has 7 heteroatoms. The van der Waals surface area contributed by atoms with Crippen LogP contribution in [0, 0.1) is 0 Å². The first-order chi connectivity index (χ1) is 12.5. The minimum atomic E-state index is -0.223. The van der Waals surface area contributed by atoms with Crippen molar-refractivity contribution in [1.82, 2.24) is 4.98 Å². The van der Waals surface area contributed by atoms with E-state index in [1.807, 2.05) is 6.07 Å². The summed E-state index contributed by atoms with van der Waals surface area (Å²) < 4.78 is 0. The van der Waals surface area contributed by atoms with Crippen LogP contribution >= 0.6 is 46.1 Å². The van der Waals surface area contributed by atoms with E-state index in [0.29, 0.717) is 25.8 Å². The third kappa shape index (κ3) is 4.38. The molecule has 1 heterocycles. The molecule has 0 unspecified atom stereocenters. The second-order valence-corrected chi connectivity index (χ2v) is 7.97. The predicted molar refractivity (Wildman–Crippen MR) is 111 cm³/mol. The molecule has 0 fully saturated rings. The van der Waals surface area contributed by atoms with E-state index in [4.69, 9.17) is 34.8 Å². The van der Waals surface area contributed by atoms with Gasteiger partial charge in [0.2, 0.25) is 0 Å². The standard InChI is InChI=1S/C19H15Cl3N2OS/c1-2-3-16-17(12-6-9-14(21)15(22)10-12)23-19(26-16)24-18(25)11-4-7-13(20)8-5-11/h4-10H,2-3H2,1H3,(H,23,24,25). The van der Waals surface area contributed by atoms with E-state index in [2.05, 4.69) is 17.2 Å². The quantitative estimate of drug-likeness (QED) is 0.479. The van der Waals surface area contributed by atoms with E-state index in [1.54, 1.807) is 36.4 Å². The molecule has 3 rings (SSSR count). The number of hydrogen-bond acceptors (Lipinski definition) is 3. The van der Waals surface area contributed by atoms with Crippen molar-refractivity contribution in [1.29, 1.82) is 0 Å². The highest BCUT2D eigenvalue weighted by Gasteiger charge is 2.16. The third-order valence-corrected chi connectivity index (χ3v) is 5.72. The number of hydrogen-bond donors (Lipinski definition) is 1. The van der Waals surface area contributed by atoms with Gasteiger partial charge in [0.15, 0.2) is 5.13 Å². The number of halogens is 3. The summed E-state index contributed by atoms with van der Waals surface area (Å²) in [5.41, 5.74) is 2.23. The summed E-state index contributed by atoms with van der Waals surface area (Å²) in [6.07, 6.45) is 1.84. The Hall–Kier alpha value is -1.59. The van der Waals surface area contributed by atoms with Crippen LogP contribution in [-0.4, -0.2) is 10.9 Å². The lowest BCUT2D eigenvalue weighted by Crippen LogP contribution is -2.11. The minimum Gasteiger partial charge on any atom is -0.298 e. The van der Waals surface area contributed by atoms with E-state index in [1.165, 1.54) is 11.3 Å². The van der Waals surface area contributed by atoms with Crippen LogP contribution in [0.4, 0.5) is 5.13 Å². The van der Waals surface area contributed by atoms with Gasteiger partial charge in [-0.3, -0.25) is 10.1 Å². The number of rotatable bonds is 5. The maximum atomic E-state index is 12.4. The lowest BCUT2D eigenvalue weighted by atomic mass is 10.1. The molecule has 0 radical (unpaired) electrons. The van der Waals surface area contributed by atoms with Crippen molar-refractivity contribution >= 4 is 57.2 Å². The van der Waals surface area contributed by atoms with Crippen LogP contribution in [0.2, 0.25) is 15.1 Å². The number of aryl methyl sites for hydroxylation is 1. The van der Waals surface area contributed by atoms with Crippen LogP contribution in [0.15, 0.2) is 42.5 Å². The third-order valence-electron chi connectivity index (χ3n) is 3.69. The maximum Gasteiger partial charge on any atom is 0.257 e. The van der Waals surface area contributed by atoms with E-state index < -0.39 is 0 Å². The Morgan fingerprint density at radius 2 is 1.81 bits per heavy atom. The van der Waals surface area contributed by atoms with Crippen molar-refractivity contribution in [3.63, 3.8) is 0 Å². The molecule has 0 aliphatic heterocycles. The fourth-order valence-electron chi connectivity index (χ4n) is 2.44. The lowest BCUT2D eigenvalue weighted by molar-refractivity contribution is 0.102. The van der Waals surface area contributed by atoms with Gasteiger partial charge < -0.3 is 0 Å². The van der Waals surface area contributed by atoms with Gasteiger partial charge in [-0.25, -0.2) is 4.98 Å². The van der Waals surface area contributed by atoms with Gasteiger partial charge in [-0.15, -0.1) is 11.3 Å². The van der Waals surface area contributed by atoms with Gasteiger partial charge in [0, 0.05) is 21.0 Å². The maximum absolute atomic E-state index is 12.4. The molecular weight excluding hydrogens is 411 g/mol. The number of thiazole rings is 1. The molecule has 0 saturated heterocycles. The zero-order valence-electron chi connectivity index (χ0n) is 13.9. The molecular formula is C19H15Cl3N2OS. The van der Waals surface area contributed by atoms with E-state index >= 15 is 0 Å². The van der Waals surface area contributed by atoms with E-state index in [0.717, 1.165) is 29.0 Å². The molecule has 0 saturated carbocycles. The molecule has 2 aromatic carbocycles. The molecule has 3 nitrogen and oxygen atoms in total. The van der Waals surface area contributed by atoms with Crippen LogP contribution in [-0.2, 0) is 6.42 Å². The fraction of sp³-hybridized carbons (Fsp3) is 0.158. The fourth-order valence-corrected chi connectivity index (χ4v) is 3.95. The van der Waals surface area contributed by atoms with Crippen LogP contribution in [0.3, 0.4) is 0 Å². The van der Waals surface area contributed by atoms with Gasteiger partial charge in [-0.05, 0) is 42.8 Å². The van der Waals surface area contributed by atoms with Crippen molar-refractivity contribution in [3.8, 4) is 11.3 Å². The van der Waals surface area contributed by atoms with Crippen molar-refractivity contribution in [3.05, 3.63) is 68.0 Å². The van der Waals surface area contributed by atoms with E-state index in [9.17, 15) is 4.79 Å². The minimum absolute atomic E-state index is 0.223. The average Bonchev–Trinajstić information content (AvgIpc) is 3.00. The van der Waals surface area contributed by atoms with Crippen molar-refractivity contribution < 1.29 is 4.79 Å². The van der Waals surface area contributed by atoms with Gasteiger partial charge >= 0.3 is 0 Å². The first kappa shape index (κ1) is 19.2. The van der Waals surface area contributed by atoms with E-state index in [-0.39, 0.29) is 5.91 Å². The Morgan fingerprint density at radius 1 is 1.08 bits per heavy atom. The SMILES string of the molecule is CCCc1sc(NC(=O)c2ccc(Cl)cc2)nc1-c1ccc(Cl)c(Cl)c1. The number of anilines is 1. The second-order valence-electron chi connectivity index (χ2n) is 5.63. The van der Waals surface area contributed by atoms with Gasteiger partial charge in [-0.1, -0.05) is 54.2 Å². The summed E-state index contributed by atoms with van der Waals surface area (Å²) in [6, 6.07) is 12.1. The topological polar surface area (TPSA) is 42.0 Å². The molecule has 0 bridgehead atoms. The molecule has 1 N–H and O–H groups in total. The Morgan fingerprint density at radius 3 is 2.46 bits per heavy atom. The number of amides is 1. The normalized spacial score (nSPS) is 10.8. The highest BCUT2D eigenvalue weighted by molar-refractivity contribution is 7.16. The van der Waals surface area contributed by atoms with Crippen LogP contribution in [0.5, 0.6) is 0 Å².